The second-order valence-corrected chi connectivity index (χ2v) is 5.72. The standard InChI is InChI=1S/C12H24NO5P/c14-12-13-10-8-6-4-2-1-3-5-7-9-11-18-19(15,16)17/h1-11H2,(H2,15,16,17). The summed E-state index contributed by atoms with van der Waals surface area (Å²) in [5.74, 6) is 0. The summed E-state index contributed by atoms with van der Waals surface area (Å²) in [5.41, 5.74) is 0. The Kier molecular flexibility index (Phi) is 12.2. The highest BCUT2D eigenvalue weighted by molar-refractivity contribution is 7.46. The minimum atomic E-state index is -4.28. The second kappa shape index (κ2) is 12.5. The van der Waals surface area contributed by atoms with E-state index in [-0.39, 0.29) is 6.61 Å². The Morgan fingerprint density at radius 1 is 0.895 bits per heavy atom. The van der Waals surface area contributed by atoms with E-state index in [1.54, 1.807) is 0 Å². The van der Waals surface area contributed by atoms with Gasteiger partial charge in [-0.1, -0.05) is 44.9 Å². The smallest absolute Gasteiger partial charge is 0.303 e. The molecule has 0 aliphatic carbocycles. The van der Waals surface area contributed by atoms with Crippen molar-refractivity contribution in [3.8, 4) is 0 Å². The molecule has 0 saturated carbocycles. The van der Waals surface area contributed by atoms with Crippen LogP contribution < -0.4 is 0 Å². The van der Waals surface area contributed by atoms with Crippen LogP contribution in [0.1, 0.15) is 57.8 Å². The Bertz CT molecular complexity index is 298. The maximum absolute atomic E-state index is 10.4. The average molecular weight is 293 g/mol. The molecule has 2 N–H and O–H groups in total. The van der Waals surface area contributed by atoms with Gasteiger partial charge in [-0.15, -0.1) is 0 Å². The van der Waals surface area contributed by atoms with Gasteiger partial charge in [-0.3, -0.25) is 4.52 Å². The third-order valence-electron chi connectivity index (χ3n) is 2.74. The molecule has 0 aromatic carbocycles. The van der Waals surface area contributed by atoms with Crippen molar-refractivity contribution in [2.75, 3.05) is 13.2 Å². The number of rotatable bonds is 13. The number of phosphoric ester groups is 1. The maximum atomic E-state index is 10.4. The summed E-state index contributed by atoms with van der Waals surface area (Å²) in [6.07, 6.45) is 10.9. The van der Waals surface area contributed by atoms with E-state index >= 15 is 0 Å². The van der Waals surface area contributed by atoms with E-state index in [0.29, 0.717) is 13.0 Å². The summed E-state index contributed by atoms with van der Waals surface area (Å²) in [6, 6.07) is 0. The van der Waals surface area contributed by atoms with Gasteiger partial charge in [-0.2, -0.15) is 0 Å². The number of isocyanates is 1. The molecule has 6 nitrogen and oxygen atoms in total. The molecule has 0 rings (SSSR count). The molecule has 0 aromatic rings. The number of nitrogens with zero attached hydrogens (tertiary/aromatic N) is 1. The van der Waals surface area contributed by atoms with Gasteiger partial charge < -0.3 is 9.79 Å². The van der Waals surface area contributed by atoms with Crippen LogP contribution in [-0.4, -0.2) is 29.0 Å². The van der Waals surface area contributed by atoms with Gasteiger partial charge in [0.05, 0.1) is 13.2 Å². The van der Waals surface area contributed by atoms with Gasteiger partial charge in [0.1, 0.15) is 0 Å². The SMILES string of the molecule is O=C=NCCCCCCCCCCCOP(=O)(O)O. The van der Waals surface area contributed by atoms with E-state index in [1.807, 2.05) is 0 Å². The molecule has 0 aliphatic heterocycles. The minimum absolute atomic E-state index is 0.127. The van der Waals surface area contributed by atoms with Gasteiger partial charge in [0, 0.05) is 0 Å². The Morgan fingerprint density at radius 2 is 1.37 bits per heavy atom. The molecule has 0 fully saturated rings. The number of hydrogen-bond acceptors (Lipinski definition) is 4. The summed E-state index contributed by atoms with van der Waals surface area (Å²) >= 11 is 0. The van der Waals surface area contributed by atoms with Crippen molar-refractivity contribution in [2.24, 2.45) is 4.99 Å². The molecule has 0 amide bonds. The van der Waals surface area contributed by atoms with Gasteiger partial charge in [-0.25, -0.2) is 14.4 Å². The van der Waals surface area contributed by atoms with Crippen molar-refractivity contribution in [1.29, 1.82) is 0 Å². The number of aliphatic imine (C=N–C) groups is 1. The molecular formula is C12H24NO5P. The first-order valence-electron chi connectivity index (χ1n) is 6.80. The van der Waals surface area contributed by atoms with Gasteiger partial charge in [0.15, 0.2) is 0 Å². The van der Waals surface area contributed by atoms with Gasteiger partial charge in [0.2, 0.25) is 6.08 Å². The summed E-state index contributed by atoms with van der Waals surface area (Å²) in [6.45, 7) is 0.713. The van der Waals surface area contributed by atoms with Gasteiger partial charge in [0.25, 0.3) is 0 Å². The molecular weight excluding hydrogens is 269 g/mol. The molecule has 0 aliphatic rings. The Morgan fingerprint density at radius 3 is 1.84 bits per heavy atom. The predicted octanol–water partition coefficient (Wildman–Crippen LogP) is 2.94. The highest BCUT2D eigenvalue weighted by atomic mass is 31.2. The van der Waals surface area contributed by atoms with Gasteiger partial charge >= 0.3 is 7.82 Å². The quantitative estimate of drug-likeness (QED) is 0.235. The summed E-state index contributed by atoms with van der Waals surface area (Å²) in [5, 5.41) is 0. The van der Waals surface area contributed by atoms with E-state index < -0.39 is 7.82 Å². The summed E-state index contributed by atoms with van der Waals surface area (Å²) in [4.78, 5) is 30.2. The van der Waals surface area contributed by atoms with E-state index in [1.165, 1.54) is 18.9 Å². The van der Waals surface area contributed by atoms with Crippen LogP contribution in [0.15, 0.2) is 4.99 Å². The van der Waals surface area contributed by atoms with Crippen LogP contribution in [0.5, 0.6) is 0 Å². The molecule has 0 heterocycles. The molecule has 19 heavy (non-hydrogen) atoms. The van der Waals surface area contributed by atoms with Crippen LogP contribution in [0.4, 0.5) is 0 Å². The van der Waals surface area contributed by atoms with Crippen LogP contribution in [0.3, 0.4) is 0 Å². The first-order valence-corrected chi connectivity index (χ1v) is 8.33. The third-order valence-corrected chi connectivity index (χ3v) is 3.26. The molecule has 7 heteroatoms. The molecule has 0 spiro atoms. The van der Waals surface area contributed by atoms with E-state index in [0.717, 1.165) is 38.5 Å². The fourth-order valence-electron chi connectivity index (χ4n) is 1.76. The van der Waals surface area contributed by atoms with Gasteiger partial charge in [-0.05, 0) is 12.8 Å². The Hall–Kier alpha value is -0.510. The summed E-state index contributed by atoms with van der Waals surface area (Å²) < 4.78 is 14.7. The van der Waals surface area contributed by atoms with Crippen LogP contribution in [0.25, 0.3) is 0 Å². The monoisotopic (exact) mass is 293 g/mol. The molecule has 0 unspecified atom stereocenters. The average Bonchev–Trinajstić information content (AvgIpc) is 2.34. The fourth-order valence-corrected chi connectivity index (χ4v) is 2.13. The molecule has 0 radical (unpaired) electrons. The minimum Gasteiger partial charge on any atom is -0.303 e. The number of unbranched alkanes of at least 4 members (excludes halogenated alkanes) is 8. The largest absolute Gasteiger partial charge is 0.469 e. The van der Waals surface area contributed by atoms with E-state index in [4.69, 9.17) is 9.79 Å². The molecule has 112 valence electrons. The normalized spacial score (nSPS) is 11.3. The van der Waals surface area contributed by atoms with E-state index in [2.05, 4.69) is 9.52 Å². The zero-order chi connectivity index (χ0) is 14.4. The first-order chi connectivity index (χ1) is 9.06. The first kappa shape index (κ1) is 18.5. The lowest BCUT2D eigenvalue weighted by Gasteiger charge is -2.04. The Labute approximate surface area is 114 Å². The van der Waals surface area contributed by atoms with Crippen molar-refractivity contribution in [3.63, 3.8) is 0 Å². The molecule has 0 atom stereocenters. The zero-order valence-electron chi connectivity index (χ0n) is 11.3. The van der Waals surface area contributed by atoms with Crippen molar-refractivity contribution >= 4 is 13.9 Å². The van der Waals surface area contributed by atoms with Crippen LogP contribution in [-0.2, 0) is 13.9 Å². The van der Waals surface area contributed by atoms with Crippen LogP contribution in [0.2, 0.25) is 0 Å². The molecule has 0 saturated heterocycles. The van der Waals surface area contributed by atoms with Crippen molar-refractivity contribution in [2.45, 2.75) is 57.8 Å². The van der Waals surface area contributed by atoms with Crippen LogP contribution in [0, 0.1) is 0 Å². The Balaban J connectivity index is 3.07. The van der Waals surface area contributed by atoms with Crippen LogP contribution >= 0.6 is 7.82 Å². The fraction of sp³-hybridized carbons (Fsp3) is 0.917. The summed E-state index contributed by atoms with van der Waals surface area (Å²) in [7, 11) is -4.28. The second-order valence-electron chi connectivity index (χ2n) is 4.48. The van der Waals surface area contributed by atoms with Crippen molar-refractivity contribution < 1.29 is 23.7 Å². The zero-order valence-corrected chi connectivity index (χ0v) is 12.2. The topological polar surface area (TPSA) is 96.2 Å². The van der Waals surface area contributed by atoms with Crippen molar-refractivity contribution in [1.82, 2.24) is 0 Å². The number of phosphoric acid groups is 1. The lowest BCUT2D eigenvalue weighted by atomic mass is 10.1. The third kappa shape index (κ3) is 17.5. The maximum Gasteiger partial charge on any atom is 0.469 e. The molecule has 0 aromatic heterocycles. The highest BCUT2D eigenvalue weighted by Gasteiger charge is 2.12. The van der Waals surface area contributed by atoms with Crippen molar-refractivity contribution in [3.05, 3.63) is 0 Å². The number of hydrogen-bond donors (Lipinski definition) is 2. The lowest BCUT2D eigenvalue weighted by Crippen LogP contribution is -1.92. The predicted molar refractivity (Wildman–Crippen MR) is 72.5 cm³/mol. The lowest BCUT2D eigenvalue weighted by molar-refractivity contribution is 0.193. The highest BCUT2D eigenvalue weighted by Crippen LogP contribution is 2.35. The molecule has 0 bridgehead atoms. The number of carbonyl (C=O) groups excluding carboxylic acids is 1. The van der Waals surface area contributed by atoms with E-state index in [9.17, 15) is 9.36 Å².